The van der Waals surface area contributed by atoms with Gasteiger partial charge in [0.1, 0.15) is 5.82 Å². The van der Waals surface area contributed by atoms with Gasteiger partial charge in [0.25, 0.3) is 0 Å². The molecular weight excluding hydrogens is 418 g/mol. The Kier molecular flexibility index (Phi) is 5.67. The molecule has 0 N–H and O–H groups in total. The summed E-state index contributed by atoms with van der Waals surface area (Å²) >= 11 is 1.54. The topological polar surface area (TPSA) is 56.0 Å². The molecule has 0 saturated carbocycles. The molecular formula is C25H29N5OS. The molecule has 0 bridgehead atoms. The zero-order chi connectivity index (χ0) is 22.2. The van der Waals surface area contributed by atoms with Gasteiger partial charge in [-0.2, -0.15) is 0 Å². The monoisotopic (exact) mass is 447 g/mol. The van der Waals surface area contributed by atoms with E-state index in [1.165, 1.54) is 11.8 Å². The van der Waals surface area contributed by atoms with E-state index in [-0.39, 0.29) is 18.0 Å². The van der Waals surface area contributed by atoms with Crippen molar-refractivity contribution in [2.24, 2.45) is 0 Å². The van der Waals surface area contributed by atoms with E-state index in [1.807, 2.05) is 29.2 Å². The maximum atomic E-state index is 13.3. The number of para-hydroxylation sites is 4. The summed E-state index contributed by atoms with van der Waals surface area (Å²) in [5.41, 5.74) is 4.24. The van der Waals surface area contributed by atoms with Crippen LogP contribution in [-0.4, -0.2) is 42.2 Å². The number of thioether (sulfide) groups is 1. The van der Waals surface area contributed by atoms with Crippen molar-refractivity contribution >= 4 is 39.7 Å². The van der Waals surface area contributed by atoms with Crippen molar-refractivity contribution in [3.05, 3.63) is 54.4 Å². The quantitative estimate of drug-likeness (QED) is 0.369. The van der Waals surface area contributed by atoms with Crippen LogP contribution in [0.1, 0.15) is 51.5 Å². The molecule has 0 aliphatic carbocycles. The molecule has 1 fully saturated rings. The second kappa shape index (κ2) is 8.62. The second-order valence-corrected chi connectivity index (χ2v) is 9.53. The lowest BCUT2D eigenvalue weighted by molar-refractivity contribution is -0.129. The predicted octanol–water partition coefficient (Wildman–Crippen LogP) is 5.44. The molecule has 6 nitrogen and oxygen atoms in total. The number of carbonyl (C=O) groups excluding carboxylic acids is 1. The fourth-order valence-corrected chi connectivity index (χ4v) is 5.82. The Morgan fingerprint density at radius 1 is 1.06 bits per heavy atom. The molecule has 1 unspecified atom stereocenters. The number of hydrogen-bond acceptors (Lipinski definition) is 4. The van der Waals surface area contributed by atoms with E-state index in [2.05, 4.69) is 54.2 Å². The van der Waals surface area contributed by atoms with Crippen molar-refractivity contribution in [3.8, 4) is 0 Å². The molecule has 1 aliphatic heterocycles. The molecule has 1 atom stereocenters. The SMILES string of the molecule is CCn1c(SCC(=O)N2CCCC2c2nc3ccccc3n2C(C)C)nc2ccccc21. The average molecular weight is 448 g/mol. The summed E-state index contributed by atoms with van der Waals surface area (Å²) in [6.07, 6.45) is 1.97. The minimum atomic E-state index is 0.0305. The van der Waals surface area contributed by atoms with E-state index in [0.717, 1.165) is 59.0 Å². The van der Waals surface area contributed by atoms with Crippen LogP contribution in [0.2, 0.25) is 0 Å². The minimum Gasteiger partial charge on any atom is -0.332 e. The summed E-state index contributed by atoms with van der Waals surface area (Å²) in [6.45, 7) is 8.11. The van der Waals surface area contributed by atoms with Crippen LogP contribution in [0, 0.1) is 0 Å². The van der Waals surface area contributed by atoms with Gasteiger partial charge in [0.2, 0.25) is 5.91 Å². The number of aryl methyl sites for hydroxylation is 1. The lowest BCUT2D eigenvalue weighted by Gasteiger charge is -2.26. The van der Waals surface area contributed by atoms with Crippen molar-refractivity contribution in [1.82, 2.24) is 24.0 Å². The first-order valence-electron chi connectivity index (χ1n) is 11.4. The highest BCUT2D eigenvalue weighted by atomic mass is 32.2. The van der Waals surface area contributed by atoms with Crippen molar-refractivity contribution < 1.29 is 4.79 Å². The van der Waals surface area contributed by atoms with Gasteiger partial charge in [-0.1, -0.05) is 36.0 Å². The summed E-state index contributed by atoms with van der Waals surface area (Å²) in [5.74, 6) is 1.56. The maximum Gasteiger partial charge on any atom is 0.233 e. The van der Waals surface area contributed by atoms with E-state index < -0.39 is 0 Å². The number of likely N-dealkylation sites (tertiary alicyclic amines) is 1. The Morgan fingerprint density at radius 2 is 1.75 bits per heavy atom. The standard InChI is InChI=1S/C25H29N5OS/c1-4-28-20-12-7-5-10-18(20)27-25(28)32-16-23(31)29-15-9-14-22(29)24-26-19-11-6-8-13-21(19)30(24)17(2)3/h5-8,10-13,17,22H,4,9,14-16H2,1-3H3. The highest BCUT2D eigenvalue weighted by Gasteiger charge is 2.34. The van der Waals surface area contributed by atoms with Crippen molar-refractivity contribution in [1.29, 1.82) is 0 Å². The van der Waals surface area contributed by atoms with Crippen LogP contribution in [0.15, 0.2) is 53.7 Å². The molecule has 0 radical (unpaired) electrons. The molecule has 1 saturated heterocycles. The molecule has 32 heavy (non-hydrogen) atoms. The number of benzene rings is 2. The zero-order valence-electron chi connectivity index (χ0n) is 18.9. The van der Waals surface area contributed by atoms with Gasteiger partial charge in [0, 0.05) is 19.1 Å². The maximum absolute atomic E-state index is 13.3. The van der Waals surface area contributed by atoms with E-state index in [1.54, 1.807) is 0 Å². The highest BCUT2D eigenvalue weighted by molar-refractivity contribution is 7.99. The molecule has 5 rings (SSSR count). The number of amides is 1. The number of nitrogens with zero attached hydrogens (tertiary/aromatic N) is 5. The Labute approximate surface area is 192 Å². The van der Waals surface area contributed by atoms with Crippen LogP contribution < -0.4 is 0 Å². The molecule has 0 spiro atoms. The van der Waals surface area contributed by atoms with E-state index in [0.29, 0.717) is 5.75 Å². The Balaban J connectivity index is 1.39. The largest absolute Gasteiger partial charge is 0.332 e. The second-order valence-electron chi connectivity index (χ2n) is 8.58. The minimum absolute atomic E-state index is 0.0305. The number of carbonyl (C=O) groups is 1. The lowest BCUT2D eigenvalue weighted by Crippen LogP contribution is -2.33. The first kappa shape index (κ1) is 21.1. The molecule has 2 aromatic carbocycles. The molecule has 7 heteroatoms. The first-order chi connectivity index (χ1) is 15.6. The number of hydrogen-bond donors (Lipinski definition) is 0. The van der Waals surface area contributed by atoms with Gasteiger partial charge in [-0.05, 0) is 57.9 Å². The first-order valence-corrected chi connectivity index (χ1v) is 12.4. The normalized spacial score (nSPS) is 16.6. The third kappa shape index (κ3) is 3.58. The van der Waals surface area contributed by atoms with E-state index in [9.17, 15) is 4.79 Å². The Hall–Kier alpha value is -2.80. The Bertz CT molecular complexity index is 1270. The molecule has 166 valence electrons. The van der Waals surface area contributed by atoms with E-state index >= 15 is 0 Å². The van der Waals surface area contributed by atoms with Gasteiger partial charge < -0.3 is 14.0 Å². The summed E-state index contributed by atoms with van der Waals surface area (Å²) in [5, 5.41) is 0.909. The fourth-order valence-electron chi connectivity index (χ4n) is 4.85. The van der Waals surface area contributed by atoms with Gasteiger partial charge in [0.05, 0.1) is 33.9 Å². The third-order valence-corrected chi connectivity index (χ3v) is 7.23. The summed E-state index contributed by atoms with van der Waals surface area (Å²) in [4.78, 5) is 25.1. The summed E-state index contributed by atoms with van der Waals surface area (Å²) in [7, 11) is 0. The fraction of sp³-hybridized carbons (Fsp3) is 0.400. The van der Waals surface area contributed by atoms with Gasteiger partial charge in [-0.3, -0.25) is 4.79 Å². The van der Waals surface area contributed by atoms with Crippen LogP contribution in [0.25, 0.3) is 22.1 Å². The number of imidazole rings is 2. The number of fused-ring (bicyclic) bond motifs is 2. The van der Waals surface area contributed by atoms with Crippen LogP contribution in [0.3, 0.4) is 0 Å². The van der Waals surface area contributed by atoms with Gasteiger partial charge in [-0.25, -0.2) is 9.97 Å². The highest BCUT2D eigenvalue weighted by Crippen LogP contribution is 2.36. The number of aromatic nitrogens is 4. The van der Waals surface area contributed by atoms with Crippen LogP contribution in [0.4, 0.5) is 0 Å². The average Bonchev–Trinajstić information content (AvgIpc) is 3.51. The summed E-state index contributed by atoms with van der Waals surface area (Å²) < 4.78 is 4.49. The third-order valence-electron chi connectivity index (χ3n) is 6.27. The number of rotatable bonds is 6. The summed E-state index contributed by atoms with van der Waals surface area (Å²) in [6, 6.07) is 16.7. The smallest absolute Gasteiger partial charge is 0.233 e. The molecule has 4 aromatic rings. The lowest BCUT2D eigenvalue weighted by atomic mass is 10.2. The van der Waals surface area contributed by atoms with Crippen LogP contribution in [-0.2, 0) is 11.3 Å². The van der Waals surface area contributed by atoms with Gasteiger partial charge >= 0.3 is 0 Å². The molecule has 3 heterocycles. The Morgan fingerprint density at radius 3 is 2.47 bits per heavy atom. The molecule has 1 amide bonds. The van der Waals surface area contributed by atoms with Crippen molar-refractivity contribution in [3.63, 3.8) is 0 Å². The zero-order valence-corrected chi connectivity index (χ0v) is 19.7. The van der Waals surface area contributed by atoms with Crippen LogP contribution in [0.5, 0.6) is 0 Å². The van der Waals surface area contributed by atoms with Crippen LogP contribution >= 0.6 is 11.8 Å². The van der Waals surface area contributed by atoms with Gasteiger partial charge in [-0.15, -0.1) is 0 Å². The van der Waals surface area contributed by atoms with Gasteiger partial charge in [0.15, 0.2) is 5.16 Å². The van der Waals surface area contributed by atoms with Crippen molar-refractivity contribution in [2.45, 2.75) is 57.4 Å². The van der Waals surface area contributed by atoms with Crippen molar-refractivity contribution in [2.75, 3.05) is 12.3 Å². The molecule has 2 aromatic heterocycles. The van der Waals surface area contributed by atoms with E-state index in [4.69, 9.17) is 9.97 Å². The predicted molar refractivity (Wildman–Crippen MR) is 130 cm³/mol. The molecule has 1 aliphatic rings.